The van der Waals surface area contributed by atoms with E-state index in [9.17, 15) is 0 Å². The van der Waals surface area contributed by atoms with Crippen molar-refractivity contribution in [1.82, 2.24) is 0 Å². The molecule has 15 rings (SSSR count). The second-order valence-corrected chi connectivity index (χ2v) is 26.4. The molecule has 9 aromatic carbocycles. The molecule has 13 aromatic rings. The van der Waals surface area contributed by atoms with Crippen LogP contribution in [0.4, 0.5) is 34.1 Å². The van der Waals surface area contributed by atoms with Crippen molar-refractivity contribution in [3.63, 3.8) is 0 Å². The fourth-order valence-electron chi connectivity index (χ4n) is 12.7. The Bertz CT molecular complexity index is 4330. The quantitative estimate of drug-likeness (QED) is 0.149. The first-order chi connectivity index (χ1) is 38.8. The Kier molecular flexibility index (Phi) is 11.0. The van der Waals surface area contributed by atoms with Gasteiger partial charge in [0.25, 0.3) is 6.71 Å². The number of fused-ring (bicyclic) bond motifs is 10. The van der Waals surface area contributed by atoms with Crippen LogP contribution < -0.4 is 24.8 Å². The van der Waals surface area contributed by atoms with E-state index in [0.717, 1.165) is 77.8 Å². The molecular weight excluding hydrogens is 1010 g/mol. The Morgan fingerprint density at radius 1 is 0.400 bits per heavy atom. The fraction of sp³-hybridized carbons (Fsp3) is 0.151. The molecule has 388 valence electrons. The summed E-state index contributed by atoms with van der Waals surface area (Å²) < 4.78 is 17.9. The lowest BCUT2D eigenvalue weighted by Crippen LogP contribution is -2.59. The lowest BCUT2D eigenvalue weighted by molar-refractivity contribution is 0.591. The van der Waals surface area contributed by atoms with Crippen molar-refractivity contribution in [1.29, 1.82) is 0 Å². The molecule has 4 aromatic heterocycles. The Balaban J connectivity index is 1.11. The second-order valence-electron chi connectivity index (χ2n) is 24.3. The second kappa shape index (κ2) is 18.1. The van der Waals surface area contributed by atoms with Crippen LogP contribution in [0.1, 0.15) is 78.0 Å². The minimum Gasteiger partial charge on any atom is -0.464 e. The molecule has 0 unspecified atom stereocenters. The Morgan fingerprint density at radius 2 is 0.825 bits per heavy atom. The molecule has 0 fully saturated rings. The standard InChI is InChI=1S/C73H59BN2O2S2/c1-43(2)48-37-61-67-62(38-48)76(60-36-47(28-32-52(60)45-21-13-10-14-22-45)58-42-78-64-26-18-16-24-54(58)64)69-56-40-50(73(6,7)8)30-34-66(56)80-71(69)74(67)70-68(55-39-49(72(3,4)5)29-33-65(55)79-70)75(61)59-35-46(27-31-51(59)44-19-11-9-12-20-44)57-41-77-63-25-17-15-23-53(57)63/h9-43H,1-8H3. The summed E-state index contributed by atoms with van der Waals surface area (Å²) in [7, 11) is 0. The van der Waals surface area contributed by atoms with Gasteiger partial charge in [-0.1, -0.05) is 189 Å². The van der Waals surface area contributed by atoms with Gasteiger partial charge < -0.3 is 18.6 Å². The zero-order valence-electron chi connectivity index (χ0n) is 46.3. The molecule has 0 saturated carbocycles. The van der Waals surface area contributed by atoms with Crippen molar-refractivity contribution < 1.29 is 8.83 Å². The zero-order chi connectivity index (χ0) is 54.3. The van der Waals surface area contributed by atoms with E-state index in [0.29, 0.717) is 0 Å². The molecule has 0 aliphatic carbocycles. The molecule has 80 heavy (non-hydrogen) atoms. The third kappa shape index (κ3) is 7.61. The average Bonchev–Trinajstić information content (AvgIpc) is 4.24. The summed E-state index contributed by atoms with van der Waals surface area (Å²) in [4.78, 5) is 5.38. The van der Waals surface area contributed by atoms with Crippen LogP contribution in [0, 0.1) is 0 Å². The molecule has 0 N–H and O–H groups in total. The van der Waals surface area contributed by atoms with Crippen LogP contribution in [0.5, 0.6) is 0 Å². The van der Waals surface area contributed by atoms with Gasteiger partial charge in [-0.25, -0.2) is 0 Å². The molecule has 0 radical (unpaired) electrons. The van der Waals surface area contributed by atoms with Crippen LogP contribution in [0.25, 0.3) is 86.6 Å². The maximum Gasteiger partial charge on any atom is 0.277 e. The molecule has 0 spiro atoms. The highest BCUT2D eigenvalue weighted by Crippen LogP contribution is 2.55. The number of nitrogens with zero attached hydrogens (tertiary/aromatic N) is 2. The summed E-state index contributed by atoms with van der Waals surface area (Å²) in [6.45, 7) is 18.7. The van der Waals surface area contributed by atoms with Gasteiger partial charge in [-0.15, -0.1) is 22.7 Å². The van der Waals surface area contributed by atoms with Gasteiger partial charge >= 0.3 is 0 Å². The molecule has 7 heteroatoms. The number of furan rings is 2. The summed E-state index contributed by atoms with van der Waals surface area (Å²) >= 11 is 3.95. The molecule has 6 heterocycles. The monoisotopic (exact) mass is 1070 g/mol. The molecule has 0 bridgehead atoms. The largest absolute Gasteiger partial charge is 0.464 e. The maximum absolute atomic E-state index is 6.31. The normalized spacial score (nSPS) is 13.3. The number of thiophene rings is 2. The van der Waals surface area contributed by atoms with Gasteiger partial charge in [0.2, 0.25) is 0 Å². The predicted molar refractivity (Wildman–Crippen MR) is 344 cm³/mol. The van der Waals surface area contributed by atoms with Crippen LogP contribution in [0.2, 0.25) is 0 Å². The molecule has 2 aliphatic heterocycles. The first-order valence-electron chi connectivity index (χ1n) is 28.0. The van der Waals surface area contributed by atoms with Crippen LogP contribution in [0.15, 0.2) is 215 Å². The summed E-state index contributed by atoms with van der Waals surface area (Å²) in [5.41, 5.74) is 23.1. The molecule has 0 atom stereocenters. The highest BCUT2D eigenvalue weighted by molar-refractivity contribution is 7.40. The van der Waals surface area contributed by atoms with Gasteiger partial charge in [-0.05, 0) is 122 Å². The third-order valence-corrected chi connectivity index (χ3v) is 19.4. The van der Waals surface area contributed by atoms with E-state index >= 15 is 0 Å². The van der Waals surface area contributed by atoms with E-state index in [-0.39, 0.29) is 23.5 Å². The molecule has 0 amide bonds. The first-order valence-corrected chi connectivity index (χ1v) is 29.6. The SMILES string of the molecule is CC(C)c1cc2c3c(c1)N(c1cc(-c4coc5ccccc45)ccc1-c1ccccc1)c1c(sc4ccc(C(C)(C)C)cc14)B3c1sc3ccc(C(C)(C)C)cc3c1N2c1cc(-c2coc3ccccc23)ccc1-c1ccccc1. The first kappa shape index (κ1) is 48.7. The van der Waals surface area contributed by atoms with Crippen molar-refractivity contribution in [3.8, 4) is 44.5 Å². The van der Waals surface area contributed by atoms with Crippen LogP contribution in [-0.2, 0) is 10.8 Å². The van der Waals surface area contributed by atoms with Crippen LogP contribution in [-0.4, -0.2) is 6.71 Å². The van der Waals surface area contributed by atoms with E-state index in [1.807, 2.05) is 35.2 Å². The minimum atomic E-state index is -0.0711. The van der Waals surface area contributed by atoms with Crippen molar-refractivity contribution in [3.05, 3.63) is 223 Å². The van der Waals surface area contributed by atoms with Gasteiger partial charge in [-0.2, -0.15) is 0 Å². The lowest BCUT2D eigenvalue weighted by Gasteiger charge is -2.43. The molecule has 0 saturated heterocycles. The van der Waals surface area contributed by atoms with Crippen molar-refractivity contribution in [2.24, 2.45) is 0 Å². The molecule has 2 aliphatic rings. The van der Waals surface area contributed by atoms with Crippen molar-refractivity contribution in [2.75, 3.05) is 9.80 Å². The fourth-order valence-corrected chi connectivity index (χ4v) is 15.3. The van der Waals surface area contributed by atoms with Crippen molar-refractivity contribution >= 4 is 121 Å². The summed E-state index contributed by atoms with van der Waals surface area (Å²) in [5, 5.41) is 4.76. The third-order valence-electron chi connectivity index (χ3n) is 16.9. The van der Waals surface area contributed by atoms with Crippen LogP contribution >= 0.6 is 22.7 Å². The Labute approximate surface area is 476 Å². The number of anilines is 6. The van der Waals surface area contributed by atoms with Gasteiger partial charge in [0, 0.05) is 74.1 Å². The number of benzene rings is 9. The Hall–Kier alpha value is -8.36. The van der Waals surface area contributed by atoms with Crippen molar-refractivity contribution in [2.45, 2.75) is 72.1 Å². The predicted octanol–water partition coefficient (Wildman–Crippen LogP) is 20.1. The summed E-state index contributed by atoms with van der Waals surface area (Å²) in [6.07, 6.45) is 3.88. The van der Waals surface area contributed by atoms with E-state index in [2.05, 4.69) is 259 Å². The highest BCUT2D eigenvalue weighted by atomic mass is 32.1. The van der Waals surface area contributed by atoms with E-state index < -0.39 is 0 Å². The summed E-state index contributed by atoms with van der Waals surface area (Å²) in [5.74, 6) is 0.203. The van der Waals surface area contributed by atoms with Gasteiger partial charge in [0.1, 0.15) is 11.2 Å². The maximum atomic E-state index is 6.31. The number of rotatable bonds is 7. The Morgan fingerprint density at radius 3 is 1.25 bits per heavy atom. The number of para-hydroxylation sites is 2. The van der Waals surface area contributed by atoms with Gasteiger partial charge in [0.15, 0.2) is 0 Å². The number of hydrogen-bond acceptors (Lipinski definition) is 6. The molecular formula is C73H59BN2O2S2. The smallest absolute Gasteiger partial charge is 0.277 e. The topological polar surface area (TPSA) is 32.8 Å². The molecule has 4 nitrogen and oxygen atoms in total. The average molecular weight is 1070 g/mol. The highest BCUT2D eigenvalue weighted by Gasteiger charge is 2.48. The van der Waals surface area contributed by atoms with Crippen LogP contribution in [0.3, 0.4) is 0 Å². The van der Waals surface area contributed by atoms with E-state index in [1.54, 1.807) is 0 Å². The minimum absolute atomic E-state index is 0.0629. The van der Waals surface area contributed by atoms with E-state index in [1.165, 1.54) is 74.6 Å². The van der Waals surface area contributed by atoms with Gasteiger partial charge in [-0.3, -0.25) is 0 Å². The van der Waals surface area contributed by atoms with E-state index in [4.69, 9.17) is 8.83 Å². The zero-order valence-corrected chi connectivity index (χ0v) is 47.9. The number of hydrogen-bond donors (Lipinski definition) is 0. The summed E-state index contributed by atoms with van der Waals surface area (Å²) in [6, 6.07) is 72.6. The van der Waals surface area contributed by atoms with Gasteiger partial charge in [0.05, 0.1) is 35.3 Å². The lowest BCUT2D eigenvalue weighted by atomic mass is 9.39.